The van der Waals surface area contributed by atoms with Gasteiger partial charge in [-0.1, -0.05) is 0 Å². The van der Waals surface area contributed by atoms with Crippen LogP contribution in [0.4, 0.5) is 0 Å². The van der Waals surface area contributed by atoms with E-state index in [0.717, 1.165) is 0 Å². The number of rotatable bonds is 1. The molecule has 3 aliphatic rings. The molecule has 5 nitrogen and oxygen atoms in total. The first kappa shape index (κ1) is 13.2. The number of Topliss-reactive ketones (excluding diaryl/α,β-unsaturated/α-hetero) is 1. The molecular weight excluding hydrogens is 248 g/mol. The van der Waals surface area contributed by atoms with Gasteiger partial charge in [-0.3, -0.25) is 4.79 Å². The lowest BCUT2D eigenvalue weighted by Gasteiger charge is -2.50. The van der Waals surface area contributed by atoms with Crippen LogP contribution in [0.1, 0.15) is 27.2 Å². The molecule has 0 saturated carbocycles. The van der Waals surface area contributed by atoms with Gasteiger partial charge in [-0.2, -0.15) is 0 Å². The molecule has 2 heterocycles. The summed E-state index contributed by atoms with van der Waals surface area (Å²) in [7, 11) is 0. The zero-order valence-corrected chi connectivity index (χ0v) is 11.4. The standard InChI is InChI=1S/C14H20O5/c1-7-4-10-13(6-15,12(17)11(7)16)5-14(8(2)18-10)9(3)19-14/h4,8-10,12,15,17H,5-6H2,1-3H3/t8-,9-,10-,12?,13?,14-/m1/s1. The van der Waals surface area contributed by atoms with E-state index in [1.807, 2.05) is 13.8 Å². The molecule has 1 spiro atoms. The molecule has 5 heteroatoms. The maximum atomic E-state index is 12.0. The van der Waals surface area contributed by atoms with Gasteiger partial charge < -0.3 is 19.7 Å². The quantitative estimate of drug-likeness (QED) is 0.664. The highest BCUT2D eigenvalue weighted by molar-refractivity contribution is 6.00. The van der Waals surface area contributed by atoms with Gasteiger partial charge in [0, 0.05) is 0 Å². The van der Waals surface area contributed by atoms with E-state index in [2.05, 4.69) is 0 Å². The molecule has 2 fully saturated rings. The van der Waals surface area contributed by atoms with Crippen LogP contribution in [0.3, 0.4) is 0 Å². The van der Waals surface area contributed by atoms with Crippen LogP contribution in [0, 0.1) is 5.41 Å². The van der Waals surface area contributed by atoms with E-state index in [0.29, 0.717) is 12.0 Å². The number of hydrogen-bond donors (Lipinski definition) is 2. The Morgan fingerprint density at radius 2 is 2.05 bits per heavy atom. The highest BCUT2D eigenvalue weighted by Crippen LogP contribution is 2.56. The van der Waals surface area contributed by atoms with Crippen molar-refractivity contribution in [2.24, 2.45) is 5.41 Å². The van der Waals surface area contributed by atoms with Crippen LogP contribution in [0.25, 0.3) is 0 Å². The SMILES string of the molecule is CC1=C[C@H]2O[C@H](C)[C@@]3(CC2(CO)C(O)C1=O)O[C@@H]3C. The summed E-state index contributed by atoms with van der Waals surface area (Å²) in [5.41, 5.74) is -0.956. The molecule has 2 N–H and O–H groups in total. The first-order valence-corrected chi connectivity index (χ1v) is 6.72. The lowest BCUT2D eigenvalue weighted by Crippen LogP contribution is -2.62. The molecule has 1 aliphatic carbocycles. The predicted molar refractivity (Wildman–Crippen MR) is 66.5 cm³/mol. The first-order valence-electron chi connectivity index (χ1n) is 6.72. The molecule has 3 rings (SSSR count). The maximum Gasteiger partial charge on any atom is 0.187 e. The molecule has 0 radical (unpaired) electrons. The molecule has 0 aromatic carbocycles. The fourth-order valence-electron chi connectivity index (χ4n) is 3.61. The van der Waals surface area contributed by atoms with Crippen molar-refractivity contribution in [3.63, 3.8) is 0 Å². The van der Waals surface area contributed by atoms with E-state index in [1.54, 1.807) is 13.0 Å². The zero-order chi connectivity index (χ0) is 14.0. The molecule has 2 unspecified atom stereocenters. The van der Waals surface area contributed by atoms with Crippen LogP contribution < -0.4 is 0 Å². The summed E-state index contributed by atoms with van der Waals surface area (Å²) in [4.78, 5) is 12.0. The second kappa shape index (κ2) is 3.88. The number of aliphatic hydroxyl groups is 2. The lowest BCUT2D eigenvalue weighted by molar-refractivity contribution is -0.196. The second-order valence-corrected chi connectivity index (χ2v) is 6.10. The number of epoxide rings is 1. The van der Waals surface area contributed by atoms with Crippen LogP contribution >= 0.6 is 0 Å². The van der Waals surface area contributed by atoms with Gasteiger partial charge in [0.1, 0.15) is 11.7 Å². The Kier molecular flexibility index (Phi) is 2.71. The molecule has 6 atom stereocenters. The van der Waals surface area contributed by atoms with E-state index < -0.39 is 23.2 Å². The number of aliphatic hydroxyl groups excluding tert-OH is 2. The second-order valence-electron chi connectivity index (χ2n) is 6.10. The third-order valence-electron chi connectivity index (χ3n) is 5.12. The van der Waals surface area contributed by atoms with Crippen molar-refractivity contribution in [3.8, 4) is 0 Å². The number of fused-ring (bicyclic) bond motifs is 1. The van der Waals surface area contributed by atoms with Gasteiger partial charge in [-0.05, 0) is 38.8 Å². The van der Waals surface area contributed by atoms with Gasteiger partial charge in [-0.15, -0.1) is 0 Å². The molecule has 0 amide bonds. The predicted octanol–water partition coefficient (Wildman–Crippen LogP) is 0.190. The van der Waals surface area contributed by atoms with Crippen molar-refractivity contribution in [2.75, 3.05) is 6.61 Å². The molecule has 2 saturated heterocycles. The fraction of sp³-hybridized carbons (Fsp3) is 0.786. The normalized spacial score (nSPS) is 52.9. The summed E-state index contributed by atoms with van der Waals surface area (Å²) in [5.74, 6) is -0.327. The topological polar surface area (TPSA) is 79.3 Å². The van der Waals surface area contributed by atoms with E-state index in [1.165, 1.54) is 0 Å². The minimum Gasteiger partial charge on any atom is -0.396 e. The van der Waals surface area contributed by atoms with Crippen molar-refractivity contribution in [1.29, 1.82) is 0 Å². The molecule has 2 aliphatic heterocycles. The summed E-state index contributed by atoms with van der Waals surface area (Å²) >= 11 is 0. The third kappa shape index (κ3) is 1.53. The van der Waals surface area contributed by atoms with Crippen LogP contribution in [0.2, 0.25) is 0 Å². The fourth-order valence-corrected chi connectivity index (χ4v) is 3.61. The number of carbonyl (C=O) groups is 1. The summed E-state index contributed by atoms with van der Waals surface area (Å²) in [5, 5.41) is 20.1. The van der Waals surface area contributed by atoms with E-state index in [-0.39, 0.29) is 24.6 Å². The zero-order valence-electron chi connectivity index (χ0n) is 11.4. The van der Waals surface area contributed by atoms with Crippen LogP contribution in [-0.4, -0.2) is 52.6 Å². The third-order valence-corrected chi connectivity index (χ3v) is 5.12. The number of carbonyl (C=O) groups excluding carboxylic acids is 1. The Hall–Kier alpha value is -0.750. The van der Waals surface area contributed by atoms with Gasteiger partial charge in [-0.25, -0.2) is 0 Å². The largest absolute Gasteiger partial charge is 0.396 e. The summed E-state index contributed by atoms with van der Waals surface area (Å²) in [6.45, 7) is 5.26. The van der Waals surface area contributed by atoms with Gasteiger partial charge in [0.05, 0.1) is 30.3 Å². The van der Waals surface area contributed by atoms with Crippen molar-refractivity contribution in [2.45, 2.75) is 57.2 Å². The Labute approximate surface area is 112 Å². The average Bonchev–Trinajstić information content (AvgIpc) is 3.02. The van der Waals surface area contributed by atoms with Crippen LogP contribution in [0.15, 0.2) is 11.6 Å². The van der Waals surface area contributed by atoms with Crippen molar-refractivity contribution >= 4 is 5.78 Å². The first-order chi connectivity index (χ1) is 8.87. The average molecular weight is 268 g/mol. The molecule has 106 valence electrons. The highest BCUT2D eigenvalue weighted by atomic mass is 16.6. The molecule has 19 heavy (non-hydrogen) atoms. The smallest absolute Gasteiger partial charge is 0.187 e. The summed E-state index contributed by atoms with van der Waals surface area (Å²) in [6.07, 6.45) is 0.412. The minimum atomic E-state index is -1.23. The summed E-state index contributed by atoms with van der Waals surface area (Å²) < 4.78 is 11.6. The molecule has 0 aromatic rings. The van der Waals surface area contributed by atoms with Crippen LogP contribution in [-0.2, 0) is 14.3 Å². The highest BCUT2D eigenvalue weighted by Gasteiger charge is 2.68. The Balaban J connectivity index is 2.03. The van der Waals surface area contributed by atoms with Gasteiger partial charge in [0.2, 0.25) is 0 Å². The lowest BCUT2D eigenvalue weighted by atomic mass is 9.63. The Bertz CT molecular complexity index is 459. The number of hydrogen-bond acceptors (Lipinski definition) is 5. The molecular formula is C14H20O5. The van der Waals surface area contributed by atoms with Gasteiger partial charge in [0.15, 0.2) is 5.78 Å². The number of ether oxygens (including phenoxy) is 2. The Morgan fingerprint density at radius 3 is 2.58 bits per heavy atom. The minimum absolute atomic E-state index is 0.0289. The summed E-state index contributed by atoms with van der Waals surface area (Å²) in [6, 6.07) is 0. The van der Waals surface area contributed by atoms with Gasteiger partial charge >= 0.3 is 0 Å². The van der Waals surface area contributed by atoms with E-state index >= 15 is 0 Å². The van der Waals surface area contributed by atoms with E-state index in [9.17, 15) is 15.0 Å². The van der Waals surface area contributed by atoms with Crippen molar-refractivity contribution in [1.82, 2.24) is 0 Å². The Morgan fingerprint density at radius 1 is 1.42 bits per heavy atom. The van der Waals surface area contributed by atoms with Gasteiger partial charge in [0.25, 0.3) is 0 Å². The maximum absolute atomic E-state index is 12.0. The van der Waals surface area contributed by atoms with Crippen molar-refractivity contribution < 1.29 is 24.5 Å². The monoisotopic (exact) mass is 268 g/mol. The number of ketones is 1. The van der Waals surface area contributed by atoms with E-state index in [4.69, 9.17) is 9.47 Å². The molecule has 0 aromatic heterocycles. The van der Waals surface area contributed by atoms with Crippen molar-refractivity contribution in [3.05, 3.63) is 11.6 Å². The van der Waals surface area contributed by atoms with Crippen LogP contribution in [0.5, 0.6) is 0 Å². The molecule has 0 bridgehead atoms.